The predicted molar refractivity (Wildman–Crippen MR) is 113 cm³/mol. The summed E-state index contributed by atoms with van der Waals surface area (Å²) in [6.07, 6.45) is 1.97. The average Bonchev–Trinajstić information content (AvgIpc) is 3.18. The van der Waals surface area contributed by atoms with Crippen LogP contribution in [0.1, 0.15) is 31.4 Å². The molecule has 0 radical (unpaired) electrons. The maximum atomic E-state index is 12.9. The van der Waals surface area contributed by atoms with E-state index in [1.165, 1.54) is 0 Å². The van der Waals surface area contributed by atoms with Crippen LogP contribution in [0.3, 0.4) is 0 Å². The van der Waals surface area contributed by atoms with E-state index >= 15 is 0 Å². The van der Waals surface area contributed by atoms with Crippen LogP contribution in [-0.2, 0) is 4.79 Å². The molecule has 1 aliphatic heterocycles. The standard InChI is InChI=1S/C21H24Cl2N2O3/c1-13(21(26)24-18-9-6-14(22)11-17(18)23)25-10-4-5-19(25)16-8-7-15(27-2)12-20(16)28-3/h6-9,11-13,19H,4-5,10H2,1-3H3,(H,24,26)/t13-,19+/m0/s1. The summed E-state index contributed by atoms with van der Waals surface area (Å²) in [6.45, 7) is 2.75. The van der Waals surface area contributed by atoms with Crippen LogP contribution in [0.5, 0.6) is 11.5 Å². The first-order chi connectivity index (χ1) is 13.4. The minimum absolute atomic E-state index is 0.0993. The minimum atomic E-state index is -0.328. The molecule has 7 heteroatoms. The lowest BCUT2D eigenvalue weighted by Gasteiger charge is -2.31. The zero-order chi connectivity index (χ0) is 20.3. The van der Waals surface area contributed by atoms with Gasteiger partial charge in [0.2, 0.25) is 5.91 Å². The normalized spacial score (nSPS) is 18.0. The molecule has 3 rings (SSSR count). The fourth-order valence-corrected chi connectivity index (χ4v) is 4.11. The Morgan fingerprint density at radius 2 is 1.96 bits per heavy atom. The van der Waals surface area contributed by atoms with Crippen molar-refractivity contribution in [3.05, 3.63) is 52.0 Å². The fourth-order valence-electron chi connectivity index (χ4n) is 3.66. The van der Waals surface area contributed by atoms with Crippen LogP contribution in [0, 0.1) is 0 Å². The average molecular weight is 423 g/mol. The topological polar surface area (TPSA) is 50.8 Å². The van der Waals surface area contributed by atoms with Gasteiger partial charge in [0.15, 0.2) is 0 Å². The maximum absolute atomic E-state index is 12.9. The molecule has 0 aromatic heterocycles. The Morgan fingerprint density at radius 1 is 1.18 bits per heavy atom. The lowest BCUT2D eigenvalue weighted by molar-refractivity contribution is -0.121. The number of anilines is 1. The van der Waals surface area contributed by atoms with Gasteiger partial charge in [-0.1, -0.05) is 29.3 Å². The summed E-state index contributed by atoms with van der Waals surface area (Å²) in [7, 11) is 3.28. The Kier molecular flexibility index (Phi) is 6.70. The van der Waals surface area contributed by atoms with Crippen LogP contribution in [0.25, 0.3) is 0 Å². The summed E-state index contributed by atoms with van der Waals surface area (Å²) in [5, 5.41) is 3.86. The molecule has 0 spiro atoms. The molecular weight excluding hydrogens is 399 g/mol. The molecule has 1 saturated heterocycles. The lowest BCUT2D eigenvalue weighted by atomic mass is 10.0. The third kappa shape index (κ3) is 4.37. The number of ether oxygens (including phenoxy) is 2. The molecule has 1 N–H and O–H groups in total. The predicted octanol–water partition coefficient (Wildman–Crippen LogP) is 5.17. The number of methoxy groups -OCH3 is 2. The summed E-state index contributed by atoms with van der Waals surface area (Å²) in [4.78, 5) is 15.1. The molecule has 2 atom stereocenters. The van der Waals surface area contributed by atoms with Gasteiger partial charge in [-0.15, -0.1) is 0 Å². The SMILES string of the molecule is COc1ccc([C@H]2CCCN2[C@@H](C)C(=O)Nc2ccc(Cl)cc2Cl)c(OC)c1. The summed E-state index contributed by atoms with van der Waals surface area (Å²) in [5.74, 6) is 1.40. The number of likely N-dealkylation sites (tertiary alicyclic amines) is 1. The number of carbonyl (C=O) groups is 1. The molecule has 1 aliphatic rings. The molecule has 1 fully saturated rings. The van der Waals surface area contributed by atoms with E-state index in [0.717, 1.165) is 36.4 Å². The van der Waals surface area contributed by atoms with Crippen molar-refractivity contribution in [2.45, 2.75) is 31.8 Å². The van der Waals surface area contributed by atoms with Gasteiger partial charge < -0.3 is 14.8 Å². The van der Waals surface area contributed by atoms with E-state index in [0.29, 0.717) is 15.7 Å². The number of hydrogen-bond acceptors (Lipinski definition) is 4. The maximum Gasteiger partial charge on any atom is 0.241 e. The second-order valence-electron chi connectivity index (χ2n) is 6.79. The number of amides is 1. The lowest BCUT2D eigenvalue weighted by Crippen LogP contribution is -2.41. The van der Waals surface area contributed by atoms with Crippen molar-refractivity contribution >= 4 is 34.8 Å². The summed E-state index contributed by atoms with van der Waals surface area (Å²) < 4.78 is 10.9. The molecule has 2 aromatic carbocycles. The van der Waals surface area contributed by atoms with Crippen molar-refractivity contribution < 1.29 is 14.3 Å². The second-order valence-corrected chi connectivity index (χ2v) is 7.64. The van der Waals surface area contributed by atoms with Crippen molar-refractivity contribution in [2.24, 2.45) is 0 Å². The Morgan fingerprint density at radius 3 is 2.64 bits per heavy atom. The van der Waals surface area contributed by atoms with Crippen molar-refractivity contribution in [1.82, 2.24) is 4.90 Å². The highest BCUT2D eigenvalue weighted by Crippen LogP contribution is 2.40. The highest BCUT2D eigenvalue weighted by atomic mass is 35.5. The Bertz CT molecular complexity index is 860. The van der Waals surface area contributed by atoms with Crippen LogP contribution < -0.4 is 14.8 Å². The van der Waals surface area contributed by atoms with Crippen molar-refractivity contribution in [1.29, 1.82) is 0 Å². The van der Waals surface area contributed by atoms with Crippen LogP contribution >= 0.6 is 23.2 Å². The monoisotopic (exact) mass is 422 g/mol. The number of halogens is 2. The number of nitrogens with zero attached hydrogens (tertiary/aromatic N) is 1. The largest absolute Gasteiger partial charge is 0.497 e. The first kappa shape index (κ1) is 20.8. The molecule has 28 heavy (non-hydrogen) atoms. The van der Waals surface area contributed by atoms with Gasteiger partial charge in [-0.2, -0.15) is 0 Å². The molecule has 0 bridgehead atoms. The van der Waals surface area contributed by atoms with Gasteiger partial charge in [0.1, 0.15) is 11.5 Å². The number of nitrogens with one attached hydrogen (secondary N) is 1. The molecule has 0 aliphatic carbocycles. The molecule has 5 nitrogen and oxygen atoms in total. The van der Waals surface area contributed by atoms with Gasteiger partial charge in [0, 0.05) is 22.7 Å². The van der Waals surface area contributed by atoms with Crippen LogP contribution in [0.15, 0.2) is 36.4 Å². The van der Waals surface area contributed by atoms with Crippen molar-refractivity contribution in [3.8, 4) is 11.5 Å². The first-order valence-electron chi connectivity index (χ1n) is 9.18. The molecular formula is C21H24Cl2N2O3. The van der Waals surface area contributed by atoms with E-state index in [1.54, 1.807) is 32.4 Å². The number of hydrogen-bond donors (Lipinski definition) is 1. The Balaban J connectivity index is 1.79. The Labute approximate surface area is 175 Å². The molecule has 0 unspecified atom stereocenters. The van der Waals surface area contributed by atoms with Gasteiger partial charge in [-0.3, -0.25) is 9.69 Å². The third-order valence-electron chi connectivity index (χ3n) is 5.16. The van der Waals surface area contributed by atoms with Crippen molar-refractivity contribution in [2.75, 3.05) is 26.1 Å². The van der Waals surface area contributed by atoms with Crippen LogP contribution in [-0.4, -0.2) is 37.6 Å². The number of benzene rings is 2. The highest BCUT2D eigenvalue weighted by Gasteiger charge is 2.34. The number of carbonyl (C=O) groups excluding carboxylic acids is 1. The molecule has 1 heterocycles. The second kappa shape index (κ2) is 9.03. The third-order valence-corrected chi connectivity index (χ3v) is 5.71. The van der Waals surface area contributed by atoms with Crippen molar-refractivity contribution in [3.63, 3.8) is 0 Å². The van der Waals surface area contributed by atoms with Gasteiger partial charge >= 0.3 is 0 Å². The fraction of sp³-hybridized carbons (Fsp3) is 0.381. The zero-order valence-electron chi connectivity index (χ0n) is 16.2. The summed E-state index contributed by atoms with van der Waals surface area (Å²) in [5.41, 5.74) is 1.62. The van der Waals surface area contributed by atoms with E-state index in [1.807, 2.05) is 25.1 Å². The van der Waals surface area contributed by atoms with E-state index < -0.39 is 0 Å². The highest BCUT2D eigenvalue weighted by molar-refractivity contribution is 6.36. The zero-order valence-corrected chi connectivity index (χ0v) is 17.7. The van der Waals surface area contributed by atoms with Gasteiger partial charge in [-0.25, -0.2) is 0 Å². The van der Waals surface area contributed by atoms with Gasteiger partial charge in [0.25, 0.3) is 0 Å². The molecule has 1 amide bonds. The van der Waals surface area contributed by atoms with Crippen LogP contribution in [0.4, 0.5) is 5.69 Å². The summed E-state index contributed by atoms with van der Waals surface area (Å²) in [6, 6.07) is 10.6. The van der Waals surface area contributed by atoms with Gasteiger partial charge in [-0.05, 0) is 50.6 Å². The number of rotatable bonds is 6. The van der Waals surface area contributed by atoms with E-state index in [-0.39, 0.29) is 18.0 Å². The molecule has 150 valence electrons. The van der Waals surface area contributed by atoms with E-state index in [4.69, 9.17) is 32.7 Å². The quantitative estimate of drug-likeness (QED) is 0.696. The molecule has 2 aromatic rings. The van der Waals surface area contributed by atoms with E-state index in [2.05, 4.69) is 10.2 Å². The van der Waals surface area contributed by atoms with E-state index in [9.17, 15) is 4.79 Å². The first-order valence-corrected chi connectivity index (χ1v) is 9.93. The van der Waals surface area contributed by atoms with Gasteiger partial charge in [0.05, 0.1) is 31.0 Å². The summed E-state index contributed by atoms with van der Waals surface area (Å²) >= 11 is 12.1. The smallest absolute Gasteiger partial charge is 0.241 e. The van der Waals surface area contributed by atoms with Crippen LogP contribution in [0.2, 0.25) is 10.0 Å². The Hall–Kier alpha value is -1.95. The molecule has 0 saturated carbocycles. The minimum Gasteiger partial charge on any atom is -0.497 e.